The number of phosphoric ester groups is 1. The fraction of sp³-hybridized carbons (Fsp3) is 0.959. The van der Waals surface area contributed by atoms with Crippen LogP contribution in [0, 0.1) is 0 Å². The number of aliphatic hydroxyl groups excluding tert-OH is 8. The lowest BCUT2D eigenvalue weighted by atomic mass is 9.84. The number of unbranched alkanes of at least 4 members (excludes halogenated alkanes) is 26. The number of hydrogen-bond acceptors (Lipinski definition) is 17. The molecule has 402 valence electrons. The molecule has 13 atom stereocenters. The van der Waals surface area contributed by atoms with Gasteiger partial charge in [-0.3, -0.25) is 18.6 Å². The SMILES string of the molecule is CCCCCCCCCCCCCCCCCCC(=O)OC(COC(=O)CCCCCCCCCCCCCC)COP(=O)(O)OC1C(O)C(O)C(O)C(O)C1OC1OC(CO)C(O)C(O)C1O. The van der Waals surface area contributed by atoms with Crippen LogP contribution in [0.5, 0.6) is 0 Å². The molecule has 13 unspecified atom stereocenters. The van der Waals surface area contributed by atoms with Gasteiger partial charge in [0, 0.05) is 12.8 Å². The zero-order chi connectivity index (χ0) is 50.2. The van der Waals surface area contributed by atoms with E-state index in [9.17, 15) is 59.9 Å². The zero-order valence-corrected chi connectivity index (χ0v) is 42.3. The Morgan fingerprint density at radius 1 is 0.500 bits per heavy atom. The number of aliphatic hydroxyl groups is 8. The quantitative estimate of drug-likeness (QED) is 0.0184. The molecular formula is C49H93O18P. The zero-order valence-electron chi connectivity index (χ0n) is 41.4. The molecule has 1 aliphatic carbocycles. The van der Waals surface area contributed by atoms with E-state index in [1.165, 1.54) is 116 Å². The van der Waals surface area contributed by atoms with Gasteiger partial charge in [-0.1, -0.05) is 181 Å². The van der Waals surface area contributed by atoms with Crippen molar-refractivity contribution in [1.82, 2.24) is 0 Å². The highest BCUT2D eigenvalue weighted by Crippen LogP contribution is 2.48. The second-order valence-corrected chi connectivity index (χ2v) is 20.5. The summed E-state index contributed by atoms with van der Waals surface area (Å²) in [6.45, 7) is 2.25. The minimum absolute atomic E-state index is 0.0401. The molecule has 0 amide bonds. The van der Waals surface area contributed by atoms with Crippen molar-refractivity contribution in [2.45, 2.75) is 280 Å². The summed E-state index contributed by atoms with van der Waals surface area (Å²) in [5, 5.41) is 83.0. The molecule has 0 aromatic carbocycles. The van der Waals surface area contributed by atoms with Gasteiger partial charge in [-0.15, -0.1) is 0 Å². The van der Waals surface area contributed by atoms with Crippen LogP contribution in [0.3, 0.4) is 0 Å². The molecule has 1 saturated carbocycles. The van der Waals surface area contributed by atoms with Crippen LogP contribution >= 0.6 is 7.82 Å². The molecule has 2 aliphatic rings. The number of esters is 2. The lowest BCUT2D eigenvalue weighted by Gasteiger charge is -2.47. The number of rotatable bonds is 41. The summed E-state index contributed by atoms with van der Waals surface area (Å²) < 4.78 is 45.5. The standard InChI is InChI=1S/C49H93O18P/c1-3-5-7-9-11-13-15-17-18-19-20-22-24-26-28-30-32-39(52)64-36(34-62-38(51)31-29-27-25-23-21-16-14-12-10-8-6-4-2)35-63-68(60,61)67-48-45(58)43(56)42(55)44(57)47(48)66-49-46(59)41(54)40(53)37(33-50)65-49/h36-37,40-50,53-59H,3-35H2,1-2H3,(H,60,61). The first-order valence-electron chi connectivity index (χ1n) is 26.4. The van der Waals surface area contributed by atoms with Gasteiger partial charge in [0.05, 0.1) is 13.2 Å². The third kappa shape index (κ3) is 25.9. The lowest BCUT2D eigenvalue weighted by Crippen LogP contribution is -2.67. The van der Waals surface area contributed by atoms with Crippen molar-refractivity contribution in [3.05, 3.63) is 0 Å². The van der Waals surface area contributed by atoms with E-state index in [-0.39, 0.29) is 12.8 Å². The lowest BCUT2D eigenvalue weighted by molar-refractivity contribution is -0.338. The van der Waals surface area contributed by atoms with Gasteiger partial charge in [0.15, 0.2) is 12.4 Å². The maximum atomic E-state index is 13.4. The van der Waals surface area contributed by atoms with Gasteiger partial charge >= 0.3 is 19.8 Å². The molecule has 2 fully saturated rings. The molecule has 0 spiro atoms. The molecule has 0 radical (unpaired) electrons. The number of phosphoric acid groups is 1. The van der Waals surface area contributed by atoms with E-state index in [0.29, 0.717) is 12.8 Å². The molecule has 0 aromatic rings. The van der Waals surface area contributed by atoms with Crippen molar-refractivity contribution in [2.75, 3.05) is 19.8 Å². The fourth-order valence-corrected chi connectivity index (χ4v) is 9.67. The van der Waals surface area contributed by atoms with Crippen LogP contribution in [0.4, 0.5) is 0 Å². The van der Waals surface area contributed by atoms with E-state index < -0.39 is 113 Å². The van der Waals surface area contributed by atoms with Gasteiger partial charge in [-0.25, -0.2) is 4.57 Å². The Labute approximate surface area is 406 Å². The van der Waals surface area contributed by atoms with Gasteiger partial charge in [-0.2, -0.15) is 0 Å². The molecule has 1 saturated heterocycles. The van der Waals surface area contributed by atoms with E-state index >= 15 is 0 Å². The molecule has 19 heteroatoms. The second-order valence-electron chi connectivity index (χ2n) is 19.1. The summed E-state index contributed by atoms with van der Waals surface area (Å²) in [5.74, 6) is -1.20. The third-order valence-electron chi connectivity index (χ3n) is 13.1. The van der Waals surface area contributed by atoms with Gasteiger partial charge in [0.1, 0.15) is 67.6 Å². The minimum atomic E-state index is -5.37. The summed E-state index contributed by atoms with van der Waals surface area (Å²) in [4.78, 5) is 36.6. The van der Waals surface area contributed by atoms with Crippen molar-refractivity contribution < 1.29 is 87.9 Å². The van der Waals surface area contributed by atoms with Crippen LogP contribution in [-0.2, 0) is 42.1 Å². The fourth-order valence-electron chi connectivity index (χ4n) is 8.70. The molecule has 0 aromatic heterocycles. The molecule has 18 nitrogen and oxygen atoms in total. The Morgan fingerprint density at radius 2 is 0.882 bits per heavy atom. The molecule has 1 aliphatic heterocycles. The van der Waals surface area contributed by atoms with Crippen molar-refractivity contribution in [3.63, 3.8) is 0 Å². The van der Waals surface area contributed by atoms with Gasteiger partial charge < -0.3 is 64.7 Å². The van der Waals surface area contributed by atoms with Crippen molar-refractivity contribution >= 4 is 19.8 Å². The Balaban J connectivity index is 1.92. The molecule has 1 heterocycles. The van der Waals surface area contributed by atoms with Gasteiger partial charge in [0.2, 0.25) is 0 Å². The van der Waals surface area contributed by atoms with E-state index in [4.69, 9.17) is 28.0 Å². The number of carbonyl (C=O) groups is 2. The predicted molar refractivity (Wildman–Crippen MR) is 254 cm³/mol. The van der Waals surface area contributed by atoms with Crippen molar-refractivity contribution in [3.8, 4) is 0 Å². The van der Waals surface area contributed by atoms with Gasteiger partial charge in [-0.05, 0) is 12.8 Å². The highest BCUT2D eigenvalue weighted by Gasteiger charge is 2.55. The van der Waals surface area contributed by atoms with Crippen LogP contribution in [0.1, 0.15) is 206 Å². The smallest absolute Gasteiger partial charge is 0.462 e. The molecule has 0 bridgehead atoms. The summed E-state index contributed by atoms with van der Waals surface area (Å²) in [6, 6.07) is 0. The van der Waals surface area contributed by atoms with Gasteiger partial charge in [0.25, 0.3) is 0 Å². The molecule has 68 heavy (non-hydrogen) atoms. The summed E-state index contributed by atoms with van der Waals surface area (Å²) in [5.41, 5.74) is 0. The van der Waals surface area contributed by atoms with E-state index in [1.807, 2.05) is 0 Å². The maximum absolute atomic E-state index is 13.4. The Hall–Kier alpha value is -1.35. The van der Waals surface area contributed by atoms with Crippen LogP contribution in [0.15, 0.2) is 0 Å². The summed E-state index contributed by atoms with van der Waals surface area (Å²) >= 11 is 0. The number of ether oxygens (including phenoxy) is 4. The second kappa shape index (κ2) is 37.4. The predicted octanol–water partition coefficient (Wildman–Crippen LogP) is 6.33. The molecular weight excluding hydrogens is 907 g/mol. The van der Waals surface area contributed by atoms with E-state index in [2.05, 4.69) is 13.8 Å². The van der Waals surface area contributed by atoms with Crippen LogP contribution < -0.4 is 0 Å². The normalized spacial score (nSPS) is 27.7. The van der Waals surface area contributed by atoms with Crippen LogP contribution in [-0.4, -0.2) is 151 Å². The van der Waals surface area contributed by atoms with E-state index in [1.54, 1.807) is 0 Å². The Morgan fingerprint density at radius 3 is 1.31 bits per heavy atom. The van der Waals surface area contributed by atoms with Crippen LogP contribution in [0.2, 0.25) is 0 Å². The number of hydrogen-bond donors (Lipinski definition) is 9. The first kappa shape index (κ1) is 62.8. The average Bonchev–Trinajstić information content (AvgIpc) is 3.32. The Bertz CT molecular complexity index is 1330. The summed E-state index contributed by atoms with van der Waals surface area (Å²) in [7, 11) is -5.37. The monoisotopic (exact) mass is 1000 g/mol. The first-order valence-corrected chi connectivity index (χ1v) is 27.9. The van der Waals surface area contributed by atoms with Crippen LogP contribution in [0.25, 0.3) is 0 Å². The van der Waals surface area contributed by atoms with Crippen molar-refractivity contribution in [1.29, 1.82) is 0 Å². The third-order valence-corrected chi connectivity index (χ3v) is 14.0. The largest absolute Gasteiger partial charge is 0.472 e. The first-order chi connectivity index (χ1) is 32.7. The van der Waals surface area contributed by atoms with E-state index in [0.717, 1.165) is 51.4 Å². The Kier molecular flexibility index (Phi) is 34.5. The topological polar surface area (TPSA) is 289 Å². The maximum Gasteiger partial charge on any atom is 0.472 e. The number of carbonyl (C=O) groups excluding carboxylic acids is 2. The van der Waals surface area contributed by atoms with Crippen molar-refractivity contribution in [2.24, 2.45) is 0 Å². The minimum Gasteiger partial charge on any atom is -0.462 e. The molecule has 9 N–H and O–H groups in total. The average molecular weight is 1000 g/mol. The highest BCUT2D eigenvalue weighted by atomic mass is 31.2. The highest BCUT2D eigenvalue weighted by molar-refractivity contribution is 7.47. The molecule has 2 rings (SSSR count). The summed E-state index contributed by atoms with van der Waals surface area (Å²) in [6.07, 6.45) is 8.96.